The summed E-state index contributed by atoms with van der Waals surface area (Å²) in [4.78, 5) is 5.05. The van der Waals surface area contributed by atoms with Crippen LogP contribution in [-0.4, -0.2) is 14.1 Å². The molecule has 1 aliphatic carbocycles. The Kier molecular flexibility index (Phi) is 5.72. The number of unbranched alkanes of at least 4 members (excludes halogenated alkanes) is 2. The molecular formula is C34H35N3. The van der Waals surface area contributed by atoms with Gasteiger partial charge in [0.1, 0.15) is 5.82 Å². The van der Waals surface area contributed by atoms with Crippen molar-refractivity contribution < 1.29 is 0 Å². The van der Waals surface area contributed by atoms with E-state index in [1.54, 1.807) is 0 Å². The zero-order chi connectivity index (χ0) is 24.8. The quantitative estimate of drug-likeness (QED) is 0.215. The van der Waals surface area contributed by atoms with Crippen LogP contribution in [0.4, 0.5) is 0 Å². The largest absolute Gasteiger partial charge is 0.340 e. The summed E-state index contributed by atoms with van der Waals surface area (Å²) in [6.45, 7) is 3.34. The normalized spacial score (nSPS) is 14.9. The highest BCUT2D eigenvalue weighted by Crippen LogP contribution is 2.41. The molecule has 3 nitrogen and oxygen atoms in total. The van der Waals surface area contributed by atoms with E-state index in [9.17, 15) is 0 Å². The molecule has 3 aromatic heterocycles. The standard InChI is InChI=1S/C34H35N3/c1-2-3-11-22-36-28-16-9-7-14-26(28)33-30(36)19-20-31-34(33)27-15-8-10-17-29(27)37(31)32-21-18-25(23-35-32)24-12-5-4-6-13-24/h7-10,14-21,23-24H,2-6,11-13,22H2,1H3. The lowest BCUT2D eigenvalue weighted by Gasteiger charge is -2.21. The van der Waals surface area contributed by atoms with Gasteiger partial charge in [-0.05, 0) is 61.1 Å². The zero-order valence-electron chi connectivity index (χ0n) is 21.8. The summed E-state index contributed by atoms with van der Waals surface area (Å²) in [5, 5.41) is 5.37. The fourth-order valence-electron chi connectivity index (χ4n) is 6.81. The Morgan fingerprint density at radius 2 is 1.41 bits per heavy atom. The highest BCUT2D eigenvalue weighted by molar-refractivity contribution is 6.28. The summed E-state index contributed by atoms with van der Waals surface area (Å²) < 4.78 is 4.92. The molecule has 0 atom stereocenters. The van der Waals surface area contributed by atoms with Gasteiger partial charge >= 0.3 is 0 Å². The van der Waals surface area contributed by atoms with E-state index >= 15 is 0 Å². The second-order valence-electron chi connectivity index (χ2n) is 10.9. The topological polar surface area (TPSA) is 22.8 Å². The number of rotatable bonds is 6. The second kappa shape index (κ2) is 9.37. The molecule has 0 bridgehead atoms. The van der Waals surface area contributed by atoms with Gasteiger partial charge in [0, 0.05) is 45.3 Å². The lowest BCUT2D eigenvalue weighted by Crippen LogP contribution is -2.06. The minimum absolute atomic E-state index is 0.673. The highest BCUT2D eigenvalue weighted by Gasteiger charge is 2.20. The first-order valence-corrected chi connectivity index (χ1v) is 14.2. The zero-order valence-corrected chi connectivity index (χ0v) is 21.8. The molecule has 3 heteroatoms. The van der Waals surface area contributed by atoms with Gasteiger partial charge in [0.2, 0.25) is 0 Å². The molecule has 0 aliphatic heterocycles. The second-order valence-corrected chi connectivity index (χ2v) is 10.9. The summed E-state index contributed by atoms with van der Waals surface area (Å²) in [5.74, 6) is 1.68. The Morgan fingerprint density at radius 1 is 0.703 bits per heavy atom. The van der Waals surface area contributed by atoms with Gasteiger partial charge in [-0.1, -0.05) is 81.5 Å². The number of fused-ring (bicyclic) bond motifs is 7. The molecule has 0 spiro atoms. The number of para-hydroxylation sites is 2. The number of benzene rings is 3. The summed E-state index contributed by atoms with van der Waals surface area (Å²) >= 11 is 0. The average Bonchev–Trinajstić information content (AvgIpc) is 3.46. The molecule has 1 aliphatic rings. The predicted octanol–water partition coefficient (Wildman–Crippen LogP) is 9.52. The first kappa shape index (κ1) is 22.6. The van der Waals surface area contributed by atoms with Crippen molar-refractivity contribution in [1.82, 2.24) is 14.1 Å². The first-order chi connectivity index (χ1) is 18.3. The van der Waals surface area contributed by atoms with E-state index < -0.39 is 0 Å². The molecule has 7 rings (SSSR count). The molecule has 0 saturated heterocycles. The molecule has 37 heavy (non-hydrogen) atoms. The maximum atomic E-state index is 5.05. The first-order valence-electron chi connectivity index (χ1n) is 14.2. The molecule has 3 aromatic carbocycles. The van der Waals surface area contributed by atoms with Crippen LogP contribution >= 0.6 is 0 Å². The van der Waals surface area contributed by atoms with Gasteiger partial charge in [0.15, 0.2) is 0 Å². The van der Waals surface area contributed by atoms with Gasteiger partial charge in [-0.25, -0.2) is 4.98 Å². The maximum Gasteiger partial charge on any atom is 0.137 e. The number of nitrogens with zero attached hydrogens (tertiary/aromatic N) is 3. The van der Waals surface area contributed by atoms with E-state index in [1.165, 1.54) is 101 Å². The van der Waals surface area contributed by atoms with E-state index in [4.69, 9.17) is 4.98 Å². The van der Waals surface area contributed by atoms with Gasteiger partial charge in [-0.15, -0.1) is 0 Å². The third-order valence-electron chi connectivity index (χ3n) is 8.63. The lowest BCUT2D eigenvalue weighted by molar-refractivity contribution is 0.443. The SMILES string of the molecule is CCCCCn1c2ccccc2c2c3c4ccccc4n(-c4ccc(C5CCCCC5)cn4)c3ccc21. The molecule has 1 fully saturated rings. The molecule has 0 radical (unpaired) electrons. The molecule has 1 saturated carbocycles. The van der Waals surface area contributed by atoms with Gasteiger partial charge < -0.3 is 4.57 Å². The van der Waals surface area contributed by atoms with Crippen LogP contribution < -0.4 is 0 Å². The number of hydrogen-bond acceptors (Lipinski definition) is 1. The summed E-state index contributed by atoms with van der Waals surface area (Å²) in [5.41, 5.74) is 6.55. The Morgan fingerprint density at radius 3 is 2.16 bits per heavy atom. The van der Waals surface area contributed by atoms with Crippen LogP contribution in [0.1, 0.15) is 69.8 Å². The van der Waals surface area contributed by atoms with E-state index in [1.807, 2.05) is 0 Å². The van der Waals surface area contributed by atoms with Crippen molar-refractivity contribution in [2.45, 2.75) is 70.8 Å². The predicted molar refractivity (Wildman–Crippen MR) is 157 cm³/mol. The van der Waals surface area contributed by atoms with Crippen LogP contribution in [0.2, 0.25) is 0 Å². The molecular weight excluding hydrogens is 450 g/mol. The molecule has 6 aromatic rings. The molecule has 0 amide bonds. The van der Waals surface area contributed by atoms with Crippen LogP contribution in [-0.2, 0) is 6.54 Å². The van der Waals surface area contributed by atoms with Crippen molar-refractivity contribution in [3.8, 4) is 5.82 Å². The van der Waals surface area contributed by atoms with E-state index in [0.29, 0.717) is 5.92 Å². The van der Waals surface area contributed by atoms with E-state index in [0.717, 1.165) is 12.4 Å². The Hall–Kier alpha value is -3.59. The van der Waals surface area contributed by atoms with Crippen molar-refractivity contribution in [2.75, 3.05) is 0 Å². The van der Waals surface area contributed by atoms with Gasteiger partial charge in [-0.2, -0.15) is 0 Å². The summed E-state index contributed by atoms with van der Waals surface area (Å²) in [6.07, 6.45) is 12.5. The van der Waals surface area contributed by atoms with Crippen LogP contribution in [0.25, 0.3) is 49.4 Å². The van der Waals surface area contributed by atoms with Crippen LogP contribution in [0.15, 0.2) is 79.0 Å². The van der Waals surface area contributed by atoms with Crippen molar-refractivity contribution in [3.05, 3.63) is 84.6 Å². The Bertz CT molecular complexity index is 1710. The van der Waals surface area contributed by atoms with Crippen molar-refractivity contribution >= 4 is 43.6 Å². The molecule has 0 N–H and O–H groups in total. The van der Waals surface area contributed by atoms with Gasteiger partial charge in [0.05, 0.1) is 11.0 Å². The van der Waals surface area contributed by atoms with Crippen LogP contribution in [0.3, 0.4) is 0 Å². The van der Waals surface area contributed by atoms with E-state index in [2.05, 4.69) is 95.1 Å². The van der Waals surface area contributed by atoms with E-state index in [-0.39, 0.29) is 0 Å². The average molecular weight is 486 g/mol. The minimum atomic E-state index is 0.673. The van der Waals surface area contributed by atoms with Crippen molar-refractivity contribution in [3.63, 3.8) is 0 Å². The number of aryl methyl sites for hydroxylation is 1. The van der Waals surface area contributed by atoms with Crippen molar-refractivity contribution in [1.29, 1.82) is 0 Å². The summed E-state index contributed by atoms with van der Waals surface area (Å²) in [6, 6.07) is 27.0. The fraction of sp³-hybridized carbons (Fsp3) is 0.324. The third kappa shape index (κ3) is 3.67. The molecule has 3 heterocycles. The Labute approximate surface area is 218 Å². The van der Waals surface area contributed by atoms with Crippen molar-refractivity contribution in [2.24, 2.45) is 0 Å². The van der Waals surface area contributed by atoms with Crippen LogP contribution in [0.5, 0.6) is 0 Å². The number of pyridine rings is 1. The van der Waals surface area contributed by atoms with Crippen LogP contribution in [0, 0.1) is 0 Å². The number of aromatic nitrogens is 3. The number of hydrogen-bond donors (Lipinski definition) is 0. The maximum absolute atomic E-state index is 5.05. The molecule has 186 valence electrons. The fourth-order valence-corrected chi connectivity index (χ4v) is 6.81. The lowest BCUT2D eigenvalue weighted by atomic mass is 9.85. The monoisotopic (exact) mass is 485 g/mol. The summed E-state index contributed by atoms with van der Waals surface area (Å²) in [7, 11) is 0. The third-order valence-corrected chi connectivity index (χ3v) is 8.63. The smallest absolute Gasteiger partial charge is 0.137 e. The van der Waals surface area contributed by atoms with Gasteiger partial charge in [0.25, 0.3) is 0 Å². The highest BCUT2D eigenvalue weighted by atomic mass is 15.1. The minimum Gasteiger partial charge on any atom is -0.340 e. The Balaban J connectivity index is 1.46. The van der Waals surface area contributed by atoms with Gasteiger partial charge in [-0.3, -0.25) is 4.57 Å². The molecule has 0 unspecified atom stereocenters.